The summed E-state index contributed by atoms with van der Waals surface area (Å²) in [6.07, 6.45) is 11.2. The van der Waals surface area contributed by atoms with E-state index in [1.807, 2.05) is 6.20 Å². The van der Waals surface area contributed by atoms with Gasteiger partial charge in [-0.3, -0.25) is 9.48 Å². The van der Waals surface area contributed by atoms with Crippen molar-refractivity contribution < 1.29 is 9.53 Å². The van der Waals surface area contributed by atoms with E-state index in [0.29, 0.717) is 12.6 Å². The van der Waals surface area contributed by atoms with E-state index >= 15 is 0 Å². The first kappa shape index (κ1) is 18.5. The summed E-state index contributed by atoms with van der Waals surface area (Å²) in [6, 6.07) is 2.06. The third-order valence-corrected chi connectivity index (χ3v) is 5.25. The van der Waals surface area contributed by atoms with Gasteiger partial charge in [-0.2, -0.15) is 10.1 Å². The highest BCUT2D eigenvalue weighted by molar-refractivity contribution is 5.76. The minimum Gasteiger partial charge on any atom is -0.465 e. The molecular formula is C20H26N6O2. The summed E-state index contributed by atoms with van der Waals surface area (Å²) in [5.41, 5.74) is 1.67. The van der Waals surface area contributed by atoms with Crippen molar-refractivity contribution in [3.63, 3.8) is 0 Å². The van der Waals surface area contributed by atoms with Gasteiger partial charge in [0, 0.05) is 30.5 Å². The van der Waals surface area contributed by atoms with E-state index in [-0.39, 0.29) is 12.5 Å². The lowest BCUT2D eigenvalue weighted by Gasteiger charge is -2.12. The van der Waals surface area contributed by atoms with Gasteiger partial charge >= 0.3 is 5.97 Å². The van der Waals surface area contributed by atoms with Gasteiger partial charge in [0.05, 0.1) is 18.5 Å². The van der Waals surface area contributed by atoms with Gasteiger partial charge in [-0.25, -0.2) is 4.98 Å². The molecule has 0 aliphatic heterocycles. The second kappa shape index (κ2) is 8.00. The number of hydrogen-bond donors (Lipinski definition) is 1. The van der Waals surface area contributed by atoms with Crippen molar-refractivity contribution in [1.29, 1.82) is 0 Å². The standard InChI is InChI=1S/C20H26N6O2/c1-3-28-18(27)13-26-12-17(10-22-26)23-20-21-9-16-6-7-25(19(16)24-20)11-15-5-4-14(2)8-15/h6-7,9-10,12,14-15H,3-5,8,11,13H2,1-2H3,(H,21,23,24)/t14-,15+/m1/s1. The van der Waals surface area contributed by atoms with E-state index in [0.717, 1.165) is 35.1 Å². The molecule has 3 heterocycles. The van der Waals surface area contributed by atoms with Crippen LogP contribution in [0, 0.1) is 11.8 Å². The highest BCUT2D eigenvalue weighted by Gasteiger charge is 2.22. The Hall–Kier alpha value is -2.90. The first-order chi connectivity index (χ1) is 13.6. The number of nitrogens with one attached hydrogen (secondary N) is 1. The highest BCUT2D eigenvalue weighted by Crippen LogP contribution is 2.32. The Bertz CT molecular complexity index is 963. The second-order valence-electron chi connectivity index (χ2n) is 7.58. The molecule has 0 saturated heterocycles. The Morgan fingerprint density at radius 2 is 2.25 bits per heavy atom. The van der Waals surface area contributed by atoms with Crippen molar-refractivity contribution in [2.45, 2.75) is 46.2 Å². The largest absolute Gasteiger partial charge is 0.465 e. The normalized spacial score (nSPS) is 19.2. The van der Waals surface area contributed by atoms with Gasteiger partial charge < -0.3 is 14.6 Å². The molecule has 1 fully saturated rings. The van der Waals surface area contributed by atoms with Crippen LogP contribution < -0.4 is 5.32 Å². The van der Waals surface area contributed by atoms with Gasteiger partial charge in [0.1, 0.15) is 12.2 Å². The van der Waals surface area contributed by atoms with Crippen LogP contribution in [0.2, 0.25) is 0 Å². The molecule has 0 aromatic carbocycles. The summed E-state index contributed by atoms with van der Waals surface area (Å²) in [4.78, 5) is 20.7. The van der Waals surface area contributed by atoms with E-state index in [2.05, 4.69) is 39.2 Å². The number of nitrogens with zero attached hydrogens (tertiary/aromatic N) is 5. The molecule has 0 amide bonds. The predicted octanol–water partition coefficient (Wildman–Crippen LogP) is 3.37. The Kier molecular flexibility index (Phi) is 5.27. The molecule has 0 bridgehead atoms. The molecule has 1 aliphatic rings. The zero-order chi connectivity index (χ0) is 19.5. The molecule has 4 rings (SSSR count). The molecule has 1 aliphatic carbocycles. The molecule has 3 aromatic rings. The van der Waals surface area contributed by atoms with E-state index < -0.39 is 0 Å². The van der Waals surface area contributed by atoms with Crippen molar-refractivity contribution in [3.8, 4) is 0 Å². The van der Waals surface area contributed by atoms with Crippen molar-refractivity contribution >= 4 is 28.6 Å². The molecule has 2 atom stereocenters. The van der Waals surface area contributed by atoms with Gasteiger partial charge in [-0.15, -0.1) is 0 Å². The van der Waals surface area contributed by atoms with E-state index in [4.69, 9.17) is 9.72 Å². The van der Waals surface area contributed by atoms with E-state index in [1.54, 1.807) is 19.3 Å². The Morgan fingerprint density at radius 1 is 1.36 bits per heavy atom. The summed E-state index contributed by atoms with van der Waals surface area (Å²) < 4.78 is 8.70. The summed E-state index contributed by atoms with van der Waals surface area (Å²) >= 11 is 0. The zero-order valence-electron chi connectivity index (χ0n) is 16.3. The molecule has 0 unspecified atom stereocenters. The Balaban J connectivity index is 1.46. The molecule has 148 valence electrons. The number of carbonyl (C=O) groups is 1. The molecule has 28 heavy (non-hydrogen) atoms. The van der Waals surface area contributed by atoms with Gasteiger partial charge in [-0.1, -0.05) is 13.3 Å². The summed E-state index contributed by atoms with van der Waals surface area (Å²) in [5.74, 6) is 1.75. The van der Waals surface area contributed by atoms with Gasteiger partial charge in [0.25, 0.3) is 0 Å². The monoisotopic (exact) mass is 382 g/mol. The number of ether oxygens (including phenoxy) is 1. The SMILES string of the molecule is CCOC(=O)Cn1cc(Nc2ncc3ccn(C[C@H]4CC[C@@H](C)C4)c3n2)cn1. The van der Waals surface area contributed by atoms with Crippen LogP contribution in [0.15, 0.2) is 30.9 Å². The second-order valence-corrected chi connectivity index (χ2v) is 7.58. The van der Waals surface area contributed by atoms with Gasteiger partial charge in [0.2, 0.25) is 5.95 Å². The summed E-state index contributed by atoms with van der Waals surface area (Å²) in [6.45, 7) is 5.56. The average Bonchev–Trinajstić information content (AvgIpc) is 3.37. The number of fused-ring (bicyclic) bond motifs is 1. The molecular weight excluding hydrogens is 356 g/mol. The third kappa shape index (κ3) is 4.16. The van der Waals surface area contributed by atoms with Crippen molar-refractivity contribution in [3.05, 3.63) is 30.9 Å². The summed E-state index contributed by atoms with van der Waals surface area (Å²) in [5, 5.41) is 8.38. The minimum absolute atomic E-state index is 0.0814. The maximum atomic E-state index is 11.6. The zero-order valence-corrected chi connectivity index (χ0v) is 16.3. The number of aromatic nitrogens is 5. The maximum absolute atomic E-state index is 11.6. The fourth-order valence-corrected chi connectivity index (χ4v) is 3.93. The number of rotatable bonds is 7. The number of hydrogen-bond acceptors (Lipinski definition) is 6. The fraction of sp³-hybridized carbons (Fsp3) is 0.500. The number of carbonyl (C=O) groups excluding carboxylic acids is 1. The lowest BCUT2D eigenvalue weighted by Crippen LogP contribution is -2.13. The molecule has 8 nitrogen and oxygen atoms in total. The first-order valence-electron chi connectivity index (χ1n) is 9.87. The van der Waals surface area contributed by atoms with Crippen LogP contribution in [-0.4, -0.2) is 36.9 Å². The smallest absolute Gasteiger partial charge is 0.327 e. The van der Waals surface area contributed by atoms with Crippen LogP contribution in [0.3, 0.4) is 0 Å². The van der Waals surface area contributed by atoms with Crippen molar-refractivity contribution in [2.24, 2.45) is 11.8 Å². The first-order valence-corrected chi connectivity index (χ1v) is 9.87. The quantitative estimate of drug-likeness (QED) is 0.631. The van der Waals surface area contributed by atoms with E-state index in [1.165, 1.54) is 23.9 Å². The number of anilines is 2. The van der Waals surface area contributed by atoms with E-state index in [9.17, 15) is 4.79 Å². The van der Waals surface area contributed by atoms with Crippen molar-refractivity contribution in [2.75, 3.05) is 11.9 Å². The van der Waals surface area contributed by atoms with Crippen LogP contribution in [0.1, 0.15) is 33.1 Å². The molecule has 8 heteroatoms. The van der Waals surface area contributed by atoms with Crippen LogP contribution in [-0.2, 0) is 22.6 Å². The summed E-state index contributed by atoms with van der Waals surface area (Å²) in [7, 11) is 0. The number of esters is 1. The lowest BCUT2D eigenvalue weighted by molar-refractivity contribution is -0.144. The van der Waals surface area contributed by atoms with Crippen LogP contribution >= 0.6 is 0 Å². The Morgan fingerprint density at radius 3 is 3.04 bits per heavy atom. The van der Waals surface area contributed by atoms with Gasteiger partial charge in [-0.05, 0) is 37.7 Å². The third-order valence-electron chi connectivity index (χ3n) is 5.25. The highest BCUT2D eigenvalue weighted by atomic mass is 16.5. The maximum Gasteiger partial charge on any atom is 0.327 e. The average molecular weight is 382 g/mol. The van der Waals surface area contributed by atoms with Crippen LogP contribution in [0.25, 0.3) is 11.0 Å². The van der Waals surface area contributed by atoms with Crippen molar-refractivity contribution in [1.82, 2.24) is 24.3 Å². The Labute approximate surface area is 163 Å². The van der Waals surface area contributed by atoms with Gasteiger partial charge in [0.15, 0.2) is 0 Å². The molecule has 1 saturated carbocycles. The molecule has 1 N–H and O–H groups in total. The molecule has 0 spiro atoms. The minimum atomic E-state index is -0.311. The molecule has 3 aromatic heterocycles. The topological polar surface area (TPSA) is 86.9 Å². The molecule has 0 radical (unpaired) electrons. The fourth-order valence-electron chi connectivity index (χ4n) is 3.93. The van der Waals surface area contributed by atoms with Crippen LogP contribution in [0.4, 0.5) is 11.6 Å². The predicted molar refractivity (Wildman–Crippen MR) is 106 cm³/mol. The lowest BCUT2D eigenvalue weighted by atomic mass is 10.1. The van der Waals surface area contributed by atoms with Crippen LogP contribution in [0.5, 0.6) is 0 Å².